The van der Waals surface area contributed by atoms with Gasteiger partial charge in [-0.1, -0.05) is 5.92 Å². The molecule has 4 N–H and O–H groups in total. The number of fused-ring (bicyclic) bond motifs is 1. The van der Waals surface area contributed by atoms with Gasteiger partial charge in [0.25, 0.3) is 5.69 Å². The van der Waals surface area contributed by atoms with Crippen LogP contribution in [0.15, 0.2) is 18.3 Å². The van der Waals surface area contributed by atoms with Crippen LogP contribution in [0.2, 0.25) is 0 Å². The maximum absolute atomic E-state index is 11.1. The highest BCUT2D eigenvalue weighted by atomic mass is 16.6. The van der Waals surface area contributed by atoms with Crippen LogP contribution in [-0.4, -0.2) is 27.0 Å². The molecule has 0 radical (unpaired) electrons. The van der Waals surface area contributed by atoms with Crippen LogP contribution in [0.1, 0.15) is 11.1 Å². The average molecular weight is 273 g/mol. The topological polar surface area (TPSA) is 122 Å². The second-order valence-electron chi connectivity index (χ2n) is 4.25. The Hall–Kier alpha value is -2.85. The van der Waals surface area contributed by atoms with E-state index in [0.717, 1.165) is 0 Å². The highest BCUT2D eigenvalue weighted by molar-refractivity contribution is 5.96. The predicted molar refractivity (Wildman–Crippen MR) is 72.2 cm³/mol. The molecule has 20 heavy (non-hydrogen) atoms. The highest BCUT2D eigenvalue weighted by Crippen LogP contribution is 2.31. The average Bonchev–Trinajstić information content (AvgIpc) is 2.81. The fraction of sp³-hybridized carbons (Fsp3) is 0.154. The highest BCUT2D eigenvalue weighted by Gasteiger charge is 2.22. The van der Waals surface area contributed by atoms with Crippen LogP contribution >= 0.6 is 0 Å². The Kier molecular flexibility index (Phi) is 3.41. The molecule has 0 aliphatic heterocycles. The molecule has 1 aromatic heterocycles. The van der Waals surface area contributed by atoms with E-state index in [4.69, 9.17) is 17.3 Å². The van der Waals surface area contributed by atoms with Gasteiger partial charge >= 0.3 is 5.97 Å². The number of benzene rings is 1. The van der Waals surface area contributed by atoms with Crippen molar-refractivity contribution in [3.63, 3.8) is 0 Å². The number of carboxylic acid groups (broad SMARTS) is 1. The summed E-state index contributed by atoms with van der Waals surface area (Å²) in [5.74, 6) is 1.25. The van der Waals surface area contributed by atoms with Crippen LogP contribution in [0.25, 0.3) is 10.9 Å². The van der Waals surface area contributed by atoms with Gasteiger partial charge in [0.1, 0.15) is 6.04 Å². The number of hydrogen-bond acceptors (Lipinski definition) is 4. The smallest absolute Gasteiger partial charge is 0.320 e. The van der Waals surface area contributed by atoms with Crippen LogP contribution in [0, 0.1) is 22.5 Å². The minimum absolute atomic E-state index is 0.0236. The van der Waals surface area contributed by atoms with E-state index in [9.17, 15) is 14.9 Å². The summed E-state index contributed by atoms with van der Waals surface area (Å²) in [6.07, 6.45) is 6.82. The Morgan fingerprint density at radius 3 is 2.85 bits per heavy atom. The number of H-pyrrole nitrogens is 1. The zero-order valence-electron chi connectivity index (χ0n) is 10.3. The van der Waals surface area contributed by atoms with Gasteiger partial charge in [0.15, 0.2) is 0 Å². The molecule has 2 aromatic rings. The minimum Gasteiger partial charge on any atom is -0.480 e. The Bertz CT molecular complexity index is 742. The van der Waals surface area contributed by atoms with Gasteiger partial charge in [0.05, 0.1) is 15.8 Å². The van der Waals surface area contributed by atoms with Gasteiger partial charge in [0, 0.05) is 24.2 Å². The van der Waals surface area contributed by atoms with E-state index in [0.29, 0.717) is 22.0 Å². The number of nitrogens with zero attached hydrogens (tertiary/aromatic N) is 1. The number of nitrogens with two attached hydrogens (primary N) is 1. The number of aromatic amines is 1. The normalized spacial score (nSPS) is 12.0. The first kappa shape index (κ1) is 13.6. The largest absolute Gasteiger partial charge is 0.480 e. The van der Waals surface area contributed by atoms with E-state index in [1.165, 1.54) is 18.3 Å². The van der Waals surface area contributed by atoms with Crippen LogP contribution in [-0.2, 0) is 11.2 Å². The molecule has 2 rings (SSSR count). The number of hydrogen-bond donors (Lipinski definition) is 3. The molecule has 0 amide bonds. The Morgan fingerprint density at radius 2 is 2.30 bits per heavy atom. The van der Waals surface area contributed by atoms with E-state index >= 15 is 0 Å². The van der Waals surface area contributed by atoms with Crippen molar-refractivity contribution in [1.82, 2.24) is 4.98 Å². The van der Waals surface area contributed by atoms with Gasteiger partial charge in [-0.25, -0.2) is 0 Å². The number of aliphatic carboxylic acids is 1. The lowest BCUT2D eigenvalue weighted by molar-refractivity contribution is -0.383. The van der Waals surface area contributed by atoms with E-state index < -0.39 is 16.9 Å². The standard InChI is InChI=1S/C13H11N3O4/c1-2-7-3-4-10(16(19)20)11-8(6-15-12(7)11)5-9(14)13(17)18/h1,3-4,6,9,15H,5,14H2,(H,17,18). The number of aromatic nitrogens is 1. The van der Waals surface area contributed by atoms with Gasteiger partial charge in [-0.15, -0.1) is 6.42 Å². The monoisotopic (exact) mass is 273 g/mol. The van der Waals surface area contributed by atoms with Gasteiger partial charge in [0.2, 0.25) is 0 Å². The molecule has 0 bridgehead atoms. The summed E-state index contributed by atoms with van der Waals surface area (Å²) < 4.78 is 0. The van der Waals surface area contributed by atoms with Crippen LogP contribution in [0.3, 0.4) is 0 Å². The molecule has 7 heteroatoms. The fourth-order valence-corrected chi connectivity index (χ4v) is 2.06. The number of carboxylic acids is 1. The molecule has 7 nitrogen and oxygen atoms in total. The lowest BCUT2D eigenvalue weighted by Gasteiger charge is -2.05. The molecule has 102 valence electrons. The van der Waals surface area contributed by atoms with E-state index in [1.54, 1.807) is 0 Å². The molecule has 1 unspecified atom stereocenters. The van der Waals surface area contributed by atoms with E-state index in [2.05, 4.69) is 10.9 Å². The van der Waals surface area contributed by atoms with Crippen molar-refractivity contribution < 1.29 is 14.8 Å². The molecular weight excluding hydrogens is 262 g/mol. The summed E-state index contributed by atoms with van der Waals surface area (Å²) >= 11 is 0. The molecule has 0 spiro atoms. The first-order valence-electron chi connectivity index (χ1n) is 5.68. The lowest BCUT2D eigenvalue weighted by atomic mass is 10.0. The van der Waals surface area contributed by atoms with Crippen molar-refractivity contribution in [3.05, 3.63) is 39.6 Å². The second kappa shape index (κ2) is 5.03. The maximum Gasteiger partial charge on any atom is 0.320 e. The molecule has 1 atom stereocenters. The van der Waals surface area contributed by atoms with Crippen molar-refractivity contribution in [1.29, 1.82) is 0 Å². The van der Waals surface area contributed by atoms with Crippen molar-refractivity contribution in [2.75, 3.05) is 0 Å². The van der Waals surface area contributed by atoms with Crippen LogP contribution in [0.5, 0.6) is 0 Å². The Morgan fingerprint density at radius 1 is 1.60 bits per heavy atom. The predicted octanol–water partition coefficient (Wildman–Crippen LogP) is 1.01. The van der Waals surface area contributed by atoms with E-state index in [-0.39, 0.29) is 12.1 Å². The summed E-state index contributed by atoms with van der Waals surface area (Å²) in [5.41, 5.74) is 6.71. The SMILES string of the molecule is C#Cc1ccc([N+](=O)[O-])c2c(CC(N)C(=O)O)c[nH]c12. The molecule has 0 fully saturated rings. The molecule has 0 saturated heterocycles. The third-order valence-corrected chi connectivity index (χ3v) is 3.00. The van der Waals surface area contributed by atoms with Crippen molar-refractivity contribution in [2.45, 2.75) is 12.5 Å². The number of carbonyl (C=O) groups is 1. The summed E-state index contributed by atoms with van der Waals surface area (Å²) in [6.45, 7) is 0. The molecular formula is C13H11N3O4. The van der Waals surface area contributed by atoms with Crippen molar-refractivity contribution in [2.24, 2.45) is 5.73 Å². The summed E-state index contributed by atoms with van der Waals surface area (Å²) in [5, 5.41) is 20.2. The number of nitrogens with one attached hydrogen (secondary N) is 1. The van der Waals surface area contributed by atoms with Crippen molar-refractivity contribution in [3.8, 4) is 12.3 Å². The van der Waals surface area contributed by atoms with Gasteiger partial charge in [-0.05, 0) is 11.6 Å². The first-order valence-corrected chi connectivity index (χ1v) is 5.68. The number of non-ortho nitro benzene ring substituents is 1. The number of rotatable bonds is 4. The number of nitro groups is 1. The molecule has 1 heterocycles. The zero-order chi connectivity index (χ0) is 14.9. The van der Waals surface area contributed by atoms with E-state index in [1.807, 2.05) is 0 Å². The quantitative estimate of drug-likeness (QED) is 0.436. The van der Waals surface area contributed by atoms with Crippen molar-refractivity contribution >= 4 is 22.6 Å². The lowest BCUT2D eigenvalue weighted by Crippen LogP contribution is -2.32. The van der Waals surface area contributed by atoms with Gasteiger partial charge in [-0.2, -0.15) is 0 Å². The van der Waals surface area contributed by atoms with Crippen LogP contribution < -0.4 is 5.73 Å². The third kappa shape index (κ3) is 2.20. The maximum atomic E-state index is 11.1. The second-order valence-corrected chi connectivity index (χ2v) is 4.25. The molecule has 0 aliphatic rings. The summed E-state index contributed by atoms with van der Waals surface area (Å²) in [4.78, 5) is 24.2. The van der Waals surface area contributed by atoms with Gasteiger partial charge in [-0.3, -0.25) is 14.9 Å². The zero-order valence-corrected chi connectivity index (χ0v) is 10.3. The molecule has 0 saturated carbocycles. The third-order valence-electron chi connectivity index (χ3n) is 3.00. The van der Waals surface area contributed by atoms with Gasteiger partial charge < -0.3 is 15.8 Å². The Labute approximate surface area is 113 Å². The summed E-state index contributed by atoms with van der Waals surface area (Å²) in [7, 11) is 0. The molecule has 1 aromatic carbocycles. The fourth-order valence-electron chi connectivity index (χ4n) is 2.06. The number of nitro benzene ring substituents is 1. The minimum atomic E-state index is -1.17. The Balaban J connectivity index is 2.65. The number of terminal acetylenes is 1. The van der Waals surface area contributed by atoms with Crippen LogP contribution in [0.4, 0.5) is 5.69 Å². The molecule has 0 aliphatic carbocycles. The first-order chi connectivity index (χ1) is 9.45. The summed E-state index contributed by atoms with van der Waals surface area (Å²) in [6, 6.07) is 1.64.